The molecule has 17 heavy (non-hydrogen) atoms. The normalized spacial score (nSPS) is 10.3. The summed E-state index contributed by atoms with van der Waals surface area (Å²) in [5.74, 6) is -0.896. The van der Waals surface area contributed by atoms with Crippen molar-refractivity contribution in [2.75, 3.05) is 0 Å². The molecule has 0 unspecified atom stereocenters. The number of benzene rings is 2. The highest BCUT2D eigenvalue weighted by atomic mass is 19.2. The monoisotopic (exact) mass is 234 g/mol. The molecule has 0 bridgehead atoms. The van der Waals surface area contributed by atoms with E-state index in [2.05, 4.69) is 6.92 Å². The van der Waals surface area contributed by atoms with Gasteiger partial charge in [-0.25, -0.2) is 8.78 Å². The van der Waals surface area contributed by atoms with Gasteiger partial charge in [0.2, 0.25) is 0 Å². The van der Waals surface area contributed by atoms with Gasteiger partial charge >= 0.3 is 0 Å². The quantitative estimate of drug-likeness (QED) is 0.768. The van der Waals surface area contributed by atoms with Crippen LogP contribution in [0.3, 0.4) is 0 Å². The topological polar surface area (TPSA) is 9.23 Å². The molecule has 0 amide bonds. The fourth-order valence-electron chi connectivity index (χ4n) is 1.47. The standard InChI is InChI=1S/C14H12F2O/c1-2-10-3-5-11(6-4-10)17-12-7-8-13(15)14(16)9-12/h3-9H,2H2,1H3. The first kappa shape index (κ1) is 11.6. The van der Waals surface area contributed by atoms with E-state index in [4.69, 9.17) is 4.74 Å². The summed E-state index contributed by atoms with van der Waals surface area (Å²) in [6, 6.07) is 11.0. The number of hydrogen-bond acceptors (Lipinski definition) is 1. The molecule has 0 saturated heterocycles. The molecule has 3 heteroatoms. The summed E-state index contributed by atoms with van der Waals surface area (Å²) < 4.78 is 31.1. The van der Waals surface area contributed by atoms with Gasteiger partial charge < -0.3 is 4.74 Å². The van der Waals surface area contributed by atoms with E-state index in [-0.39, 0.29) is 5.75 Å². The van der Waals surface area contributed by atoms with Gasteiger partial charge in [-0.05, 0) is 36.2 Å². The summed E-state index contributed by atoms with van der Waals surface area (Å²) in [5, 5.41) is 0. The molecule has 2 aromatic rings. The lowest BCUT2D eigenvalue weighted by atomic mass is 10.2. The average molecular weight is 234 g/mol. The minimum atomic E-state index is -0.910. The molecule has 0 aliphatic heterocycles. The maximum atomic E-state index is 12.9. The Hall–Kier alpha value is -1.90. The van der Waals surface area contributed by atoms with Crippen LogP contribution in [0.5, 0.6) is 11.5 Å². The summed E-state index contributed by atoms with van der Waals surface area (Å²) in [6.45, 7) is 2.06. The van der Waals surface area contributed by atoms with Crippen LogP contribution in [-0.2, 0) is 6.42 Å². The Kier molecular flexibility index (Phi) is 3.38. The molecule has 0 atom stereocenters. The highest BCUT2D eigenvalue weighted by Crippen LogP contribution is 2.23. The van der Waals surface area contributed by atoms with Crippen molar-refractivity contribution >= 4 is 0 Å². The van der Waals surface area contributed by atoms with Crippen LogP contribution in [0.4, 0.5) is 8.78 Å². The van der Waals surface area contributed by atoms with E-state index >= 15 is 0 Å². The molecule has 0 aromatic heterocycles. The Bertz CT molecular complexity index is 506. The van der Waals surface area contributed by atoms with Crippen molar-refractivity contribution in [3.63, 3.8) is 0 Å². The predicted molar refractivity (Wildman–Crippen MR) is 62.3 cm³/mol. The zero-order chi connectivity index (χ0) is 12.3. The molecule has 88 valence electrons. The number of rotatable bonds is 3. The van der Waals surface area contributed by atoms with Crippen LogP contribution >= 0.6 is 0 Å². The Morgan fingerprint density at radius 3 is 2.12 bits per heavy atom. The summed E-state index contributed by atoms with van der Waals surface area (Å²) in [7, 11) is 0. The first-order valence-electron chi connectivity index (χ1n) is 5.41. The highest BCUT2D eigenvalue weighted by Gasteiger charge is 2.04. The molecule has 1 nitrogen and oxygen atoms in total. The lowest BCUT2D eigenvalue weighted by molar-refractivity contribution is 0.461. The number of halogens is 2. The largest absolute Gasteiger partial charge is 0.457 e. The van der Waals surface area contributed by atoms with Crippen molar-refractivity contribution in [3.05, 3.63) is 59.7 Å². The SMILES string of the molecule is CCc1ccc(Oc2ccc(F)c(F)c2)cc1. The Labute approximate surface area is 98.7 Å². The fraction of sp³-hybridized carbons (Fsp3) is 0.143. The summed E-state index contributed by atoms with van der Waals surface area (Å²) in [5.41, 5.74) is 1.20. The van der Waals surface area contributed by atoms with Crippen LogP contribution in [0.1, 0.15) is 12.5 Å². The van der Waals surface area contributed by atoms with Gasteiger partial charge in [0.05, 0.1) is 0 Å². The van der Waals surface area contributed by atoms with E-state index in [0.717, 1.165) is 18.6 Å². The summed E-state index contributed by atoms with van der Waals surface area (Å²) >= 11 is 0. The van der Waals surface area contributed by atoms with Gasteiger partial charge in [0, 0.05) is 6.07 Å². The van der Waals surface area contributed by atoms with Gasteiger partial charge in [-0.1, -0.05) is 19.1 Å². The third kappa shape index (κ3) is 2.81. The predicted octanol–water partition coefficient (Wildman–Crippen LogP) is 4.32. The van der Waals surface area contributed by atoms with Crippen LogP contribution in [0, 0.1) is 11.6 Å². The number of aryl methyl sites for hydroxylation is 1. The van der Waals surface area contributed by atoms with Crippen molar-refractivity contribution in [1.29, 1.82) is 0 Å². The molecule has 0 saturated carbocycles. The first-order chi connectivity index (χ1) is 8.19. The Balaban J connectivity index is 2.16. The van der Waals surface area contributed by atoms with Crippen molar-refractivity contribution in [2.24, 2.45) is 0 Å². The fourth-order valence-corrected chi connectivity index (χ4v) is 1.47. The van der Waals surface area contributed by atoms with E-state index in [1.165, 1.54) is 11.6 Å². The maximum absolute atomic E-state index is 12.9. The molecular formula is C14H12F2O. The van der Waals surface area contributed by atoms with E-state index in [1.54, 1.807) is 12.1 Å². The van der Waals surface area contributed by atoms with Crippen LogP contribution in [0.15, 0.2) is 42.5 Å². The number of ether oxygens (including phenoxy) is 1. The molecule has 0 spiro atoms. The third-order valence-corrected chi connectivity index (χ3v) is 2.46. The second-order valence-corrected chi connectivity index (χ2v) is 3.68. The van der Waals surface area contributed by atoms with Gasteiger partial charge in [0.15, 0.2) is 11.6 Å². The zero-order valence-corrected chi connectivity index (χ0v) is 9.41. The molecule has 0 aliphatic carbocycles. The average Bonchev–Trinajstić information content (AvgIpc) is 2.35. The van der Waals surface area contributed by atoms with Crippen LogP contribution in [0.25, 0.3) is 0 Å². The van der Waals surface area contributed by atoms with Crippen LogP contribution in [-0.4, -0.2) is 0 Å². The first-order valence-corrected chi connectivity index (χ1v) is 5.41. The molecule has 0 fully saturated rings. The zero-order valence-electron chi connectivity index (χ0n) is 9.41. The van der Waals surface area contributed by atoms with Gasteiger partial charge in [0.1, 0.15) is 11.5 Å². The molecule has 0 aliphatic rings. The maximum Gasteiger partial charge on any atom is 0.162 e. The van der Waals surface area contributed by atoms with Gasteiger partial charge in [-0.15, -0.1) is 0 Å². The molecular weight excluding hydrogens is 222 g/mol. The molecule has 0 radical (unpaired) electrons. The van der Waals surface area contributed by atoms with Gasteiger partial charge in [-0.3, -0.25) is 0 Å². The molecule has 0 heterocycles. The minimum absolute atomic E-state index is 0.285. The lowest BCUT2D eigenvalue weighted by Gasteiger charge is -2.06. The molecule has 2 aromatic carbocycles. The van der Waals surface area contributed by atoms with E-state index in [1.807, 2.05) is 12.1 Å². The van der Waals surface area contributed by atoms with Gasteiger partial charge in [-0.2, -0.15) is 0 Å². The molecule has 0 N–H and O–H groups in total. The van der Waals surface area contributed by atoms with E-state index in [0.29, 0.717) is 5.75 Å². The van der Waals surface area contributed by atoms with E-state index in [9.17, 15) is 8.78 Å². The summed E-state index contributed by atoms with van der Waals surface area (Å²) in [6.07, 6.45) is 0.950. The van der Waals surface area contributed by atoms with Gasteiger partial charge in [0.25, 0.3) is 0 Å². The second-order valence-electron chi connectivity index (χ2n) is 3.68. The van der Waals surface area contributed by atoms with Crippen molar-refractivity contribution in [1.82, 2.24) is 0 Å². The third-order valence-electron chi connectivity index (χ3n) is 2.46. The minimum Gasteiger partial charge on any atom is -0.457 e. The second kappa shape index (κ2) is 4.95. The lowest BCUT2D eigenvalue weighted by Crippen LogP contribution is -1.88. The summed E-state index contributed by atoms with van der Waals surface area (Å²) in [4.78, 5) is 0. The van der Waals surface area contributed by atoms with E-state index < -0.39 is 11.6 Å². The number of hydrogen-bond donors (Lipinski definition) is 0. The van der Waals surface area contributed by atoms with Crippen molar-refractivity contribution in [2.45, 2.75) is 13.3 Å². The van der Waals surface area contributed by atoms with Crippen LogP contribution in [0.2, 0.25) is 0 Å². The van der Waals surface area contributed by atoms with Crippen LogP contribution < -0.4 is 4.74 Å². The smallest absolute Gasteiger partial charge is 0.162 e. The molecule has 2 rings (SSSR count). The highest BCUT2D eigenvalue weighted by molar-refractivity contribution is 5.33. The Morgan fingerprint density at radius 1 is 0.882 bits per heavy atom. The van der Waals surface area contributed by atoms with Crippen molar-refractivity contribution < 1.29 is 13.5 Å². The Morgan fingerprint density at radius 2 is 1.53 bits per heavy atom. The van der Waals surface area contributed by atoms with Crippen molar-refractivity contribution in [3.8, 4) is 11.5 Å².